The minimum atomic E-state index is 0.165. The number of alkyl halides is 1. The van der Waals surface area contributed by atoms with Crippen molar-refractivity contribution < 1.29 is 0 Å². The first kappa shape index (κ1) is 7.75. The maximum Gasteiger partial charge on any atom is 0.0461 e. The van der Waals surface area contributed by atoms with Crippen LogP contribution in [0.1, 0.15) is 32.1 Å². The summed E-state index contributed by atoms with van der Waals surface area (Å²) in [5, 5.41) is 0. The van der Waals surface area contributed by atoms with Crippen LogP contribution in [-0.2, 0) is 0 Å². The molecule has 4 atom stereocenters. The predicted octanol–water partition coefficient (Wildman–Crippen LogP) is 3.17. The van der Waals surface area contributed by atoms with E-state index < -0.39 is 0 Å². The summed E-state index contributed by atoms with van der Waals surface area (Å²) in [6.45, 7) is 0. The zero-order valence-corrected chi connectivity index (χ0v) is 8.63. The molecule has 0 N–H and O–H groups in total. The molecular weight excluding hydrogens is 188 g/mol. The highest BCUT2D eigenvalue weighted by molar-refractivity contribution is 7.80. The highest BCUT2D eigenvalue weighted by Crippen LogP contribution is 2.57. The second-order valence-electron chi connectivity index (χ2n) is 4.90. The smallest absolute Gasteiger partial charge is 0.0461 e. The molecule has 0 spiro atoms. The van der Waals surface area contributed by atoms with Gasteiger partial charge in [-0.2, -0.15) is 0 Å². The molecule has 0 amide bonds. The molecule has 4 fully saturated rings. The Hall–Kier alpha value is 0.380. The third-order valence-electron chi connectivity index (χ3n) is 3.92. The molecule has 0 aromatic rings. The van der Waals surface area contributed by atoms with Crippen LogP contribution in [0.15, 0.2) is 0 Å². The SMILES string of the molecule is S=C1[C@@H]2CC3C[C@H]1CC(Cl)(C3)C2. The average Bonchev–Trinajstić information content (AvgIpc) is 1.96. The lowest BCUT2D eigenvalue weighted by molar-refractivity contribution is 0.130. The van der Waals surface area contributed by atoms with E-state index in [1.54, 1.807) is 0 Å². The fraction of sp³-hybridized carbons (Fsp3) is 0.900. The van der Waals surface area contributed by atoms with Crippen molar-refractivity contribution in [3.05, 3.63) is 0 Å². The molecule has 0 radical (unpaired) electrons. The molecule has 0 saturated heterocycles. The van der Waals surface area contributed by atoms with Gasteiger partial charge in [-0.25, -0.2) is 0 Å². The van der Waals surface area contributed by atoms with Crippen LogP contribution in [0.3, 0.4) is 0 Å². The largest absolute Gasteiger partial charge is 0.119 e. The Labute approximate surface area is 83.7 Å². The fourth-order valence-electron chi connectivity index (χ4n) is 3.65. The van der Waals surface area contributed by atoms with E-state index in [4.69, 9.17) is 23.8 Å². The molecule has 0 nitrogen and oxygen atoms in total. The quantitative estimate of drug-likeness (QED) is 0.428. The fourth-order valence-corrected chi connectivity index (χ4v) is 4.60. The second kappa shape index (κ2) is 2.24. The van der Waals surface area contributed by atoms with Gasteiger partial charge in [-0.3, -0.25) is 0 Å². The molecule has 4 aliphatic carbocycles. The van der Waals surface area contributed by atoms with Gasteiger partial charge in [-0.05, 0) is 54.7 Å². The molecule has 66 valence electrons. The van der Waals surface area contributed by atoms with Gasteiger partial charge in [0.15, 0.2) is 0 Å². The van der Waals surface area contributed by atoms with Crippen LogP contribution in [0.5, 0.6) is 0 Å². The van der Waals surface area contributed by atoms with Crippen molar-refractivity contribution in [1.82, 2.24) is 0 Å². The van der Waals surface area contributed by atoms with Crippen LogP contribution in [0.4, 0.5) is 0 Å². The van der Waals surface area contributed by atoms with Gasteiger partial charge >= 0.3 is 0 Å². The molecule has 4 bridgehead atoms. The average molecular weight is 201 g/mol. The minimum Gasteiger partial charge on any atom is -0.119 e. The normalized spacial score (nSPS) is 56.4. The van der Waals surface area contributed by atoms with Crippen LogP contribution in [0, 0.1) is 17.8 Å². The van der Waals surface area contributed by atoms with Crippen LogP contribution >= 0.6 is 23.8 Å². The van der Waals surface area contributed by atoms with Crippen molar-refractivity contribution >= 4 is 28.7 Å². The number of halogens is 1. The van der Waals surface area contributed by atoms with Gasteiger partial charge in [0.25, 0.3) is 0 Å². The lowest BCUT2D eigenvalue weighted by Gasteiger charge is -2.54. The van der Waals surface area contributed by atoms with Crippen molar-refractivity contribution in [2.45, 2.75) is 37.0 Å². The predicted molar refractivity (Wildman–Crippen MR) is 54.7 cm³/mol. The summed E-state index contributed by atoms with van der Waals surface area (Å²) < 4.78 is 0. The maximum atomic E-state index is 6.54. The molecule has 0 aromatic heterocycles. The van der Waals surface area contributed by atoms with E-state index >= 15 is 0 Å². The first-order valence-electron chi connectivity index (χ1n) is 4.89. The third kappa shape index (κ3) is 0.927. The lowest BCUT2D eigenvalue weighted by atomic mass is 9.56. The first-order chi connectivity index (χ1) is 5.66. The molecule has 0 heterocycles. The van der Waals surface area contributed by atoms with Gasteiger partial charge in [-0.15, -0.1) is 11.6 Å². The molecule has 4 rings (SSSR count). The second-order valence-corrected chi connectivity index (χ2v) is 6.17. The molecule has 0 aliphatic heterocycles. The summed E-state index contributed by atoms with van der Waals surface area (Å²) in [6.07, 6.45) is 6.33. The Morgan fingerprint density at radius 2 is 1.75 bits per heavy atom. The van der Waals surface area contributed by atoms with Crippen molar-refractivity contribution in [3.63, 3.8) is 0 Å². The minimum absolute atomic E-state index is 0.165. The monoisotopic (exact) mass is 200 g/mol. The Bertz CT molecular complexity index is 230. The van der Waals surface area contributed by atoms with Gasteiger partial charge in [-0.1, -0.05) is 12.2 Å². The van der Waals surface area contributed by atoms with Crippen molar-refractivity contribution in [2.24, 2.45) is 17.8 Å². The third-order valence-corrected chi connectivity index (χ3v) is 5.05. The van der Waals surface area contributed by atoms with Crippen LogP contribution in [0.2, 0.25) is 0 Å². The molecule has 2 unspecified atom stereocenters. The summed E-state index contributed by atoms with van der Waals surface area (Å²) in [7, 11) is 0. The Kier molecular flexibility index (Phi) is 1.45. The van der Waals surface area contributed by atoms with Crippen LogP contribution in [-0.4, -0.2) is 9.74 Å². The number of rotatable bonds is 0. The molecule has 0 aromatic carbocycles. The Balaban J connectivity index is 2.00. The van der Waals surface area contributed by atoms with Gasteiger partial charge in [0, 0.05) is 4.87 Å². The van der Waals surface area contributed by atoms with E-state index in [0.717, 1.165) is 5.92 Å². The van der Waals surface area contributed by atoms with Crippen LogP contribution < -0.4 is 0 Å². The van der Waals surface area contributed by atoms with E-state index in [1.807, 2.05) is 0 Å². The topological polar surface area (TPSA) is 0 Å². The Morgan fingerprint density at radius 3 is 2.25 bits per heavy atom. The van der Waals surface area contributed by atoms with Gasteiger partial charge < -0.3 is 0 Å². The van der Waals surface area contributed by atoms with Crippen molar-refractivity contribution in [2.75, 3.05) is 0 Å². The highest BCUT2D eigenvalue weighted by Gasteiger charge is 2.52. The highest BCUT2D eigenvalue weighted by atomic mass is 35.5. The lowest BCUT2D eigenvalue weighted by Crippen LogP contribution is -2.51. The number of hydrogen-bond donors (Lipinski definition) is 0. The van der Waals surface area contributed by atoms with E-state index in [2.05, 4.69) is 0 Å². The number of hydrogen-bond acceptors (Lipinski definition) is 1. The summed E-state index contributed by atoms with van der Waals surface area (Å²) in [5.41, 5.74) is 0. The molecule has 4 saturated carbocycles. The van der Waals surface area contributed by atoms with Gasteiger partial charge in [0.05, 0.1) is 0 Å². The molecule has 2 heteroatoms. The summed E-state index contributed by atoms with van der Waals surface area (Å²) in [4.78, 5) is 1.53. The molecular formula is C10H13ClS. The summed E-state index contributed by atoms with van der Waals surface area (Å²) in [5.74, 6) is 2.33. The van der Waals surface area contributed by atoms with Crippen LogP contribution in [0.25, 0.3) is 0 Å². The molecule has 4 aliphatic rings. The van der Waals surface area contributed by atoms with E-state index in [0.29, 0.717) is 11.8 Å². The standard InChI is InChI=1S/C10H13ClS/c11-10-3-6-1-7(4-10)9(12)8(2-6)5-10/h6-8H,1-5H2/t6?,7-,8+,10?. The maximum absolute atomic E-state index is 6.54. The van der Waals surface area contributed by atoms with Gasteiger partial charge in [0.1, 0.15) is 0 Å². The first-order valence-corrected chi connectivity index (χ1v) is 5.68. The van der Waals surface area contributed by atoms with Gasteiger partial charge in [0.2, 0.25) is 0 Å². The van der Waals surface area contributed by atoms with E-state index in [9.17, 15) is 0 Å². The zero-order chi connectivity index (χ0) is 8.34. The Morgan fingerprint density at radius 1 is 1.17 bits per heavy atom. The van der Waals surface area contributed by atoms with E-state index in [1.165, 1.54) is 37.0 Å². The van der Waals surface area contributed by atoms with E-state index in [-0.39, 0.29) is 4.87 Å². The molecule has 12 heavy (non-hydrogen) atoms. The zero-order valence-electron chi connectivity index (χ0n) is 7.05. The van der Waals surface area contributed by atoms with Crippen molar-refractivity contribution in [3.8, 4) is 0 Å². The number of thiocarbonyl (C=S) groups is 1. The summed E-state index contributed by atoms with van der Waals surface area (Å²) in [6, 6.07) is 0. The van der Waals surface area contributed by atoms with Crippen molar-refractivity contribution in [1.29, 1.82) is 0 Å². The summed E-state index contributed by atoms with van der Waals surface area (Å²) >= 11 is 12.0.